The summed E-state index contributed by atoms with van der Waals surface area (Å²) in [6, 6.07) is 22.9. The first-order chi connectivity index (χ1) is 18.0. The third-order valence-corrected chi connectivity index (χ3v) is 7.92. The van der Waals surface area contributed by atoms with Crippen molar-refractivity contribution in [1.82, 2.24) is 4.98 Å². The number of thioether (sulfide) groups is 1. The number of hydrogen-bond donors (Lipinski definition) is 3. The van der Waals surface area contributed by atoms with E-state index in [-0.39, 0.29) is 11.2 Å². The van der Waals surface area contributed by atoms with Gasteiger partial charge >= 0.3 is 0 Å². The molecule has 0 radical (unpaired) electrons. The molecule has 1 aromatic heterocycles. The zero-order chi connectivity index (χ0) is 26.2. The normalized spacial score (nSPS) is 11.4. The van der Waals surface area contributed by atoms with Crippen molar-refractivity contribution in [2.75, 3.05) is 23.1 Å². The van der Waals surface area contributed by atoms with Crippen LogP contribution in [0.1, 0.15) is 13.3 Å². The average Bonchev–Trinajstić information content (AvgIpc) is 3.36. The van der Waals surface area contributed by atoms with E-state index in [1.807, 2.05) is 85.1 Å². The van der Waals surface area contributed by atoms with Crippen LogP contribution in [0.4, 0.5) is 16.5 Å². The van der Waals surface area contributed by atoms with Crippen molar-refractivity contribution in [1.29, 1.82) is 0 Å². The van der Waals surface area contributed by atoms with E-state index in [2.05, 4.69) is 20.9 Å². The van der Waals surface area contributed by atoms with Crippen LogP contribution in [0.15, 0.2) is 83.1 Å². The molecule has 3 aromatic carbocycles. The summed E-state index contributed by atoms with van der Waals surface area (Å²) in [5.41, 5.74) is 3.17. The first-order valence-electron chi connectivity index (χ1n) is 11.5. The quantitative estimate of drug-likeness (QED) is 0.140. The summed E-state index contributed by atoms with van der Waals surface area (Å²) >= 11 is 14.6. The Morgan fingerprint density at radius 3 is 2.65 bits per heavy atom. The maximum atomic E-state index is 13.0. The summed E-state index contributed by atoms with van der Waals surface area (Å²) in [5.74, 6) is 0.603. The Morgan fingerprint density at radius 2 is 1.86 bits per heavy atom. The fourth-order valence-electron chi connectivity index (χ4n) is 3.48. The van der Waals surface area contributed by atoms with Crippen LogP contribution in [0, 0.1) is 0 Å². The maximum Gasteiger partial charge on any atom is 0.239 e. The number of carbonyl (C=O) groups is 1. The van der Waals surface area contributed by atoms with Gasteiger partial charge in [-0.3, -0.25) is 4.79 Å². The number of thiazole rings is 1. The molecule has 0 saturated carbocycles. The van der Waals surface area contributed by atoms with Crippen LogP contribution in [-0.2, 0) is 4.79 Å². The summed E-state index contributed by atoms with van der Waals surface area (Å²) in [6.45, 7) is 1.99. The molecule has 1 heterocycles. The number of amides is 1. The minimum atomic E-state index is -0.290. The van der Waals surface area contributed by atoms with Gasteiger partial charge in [-0.05, 0) is 55.0 Å². The number of rotatable bonds is 9. The van der Waals surface area contributed by atoms with Gasteiger partial charge in [-0.1, -0.05) is 54.9 Å². The second-order valence-corrected chi connectivity index (χ2v) is 10.8. The number of aromatic nitrogens is 1. The van der Waals surface area contributed by atoms with Crippen LogP contribution in [0.25, 0.3) is 11.3 Å². The van der Waals surface area contributed by atoms with E-state index in [0.717, 1.165) is 27.5 Å². The summed E-state index contributed by atoms with van der Waals surface area (Å²) in [6.07, 6.45) is 0.657. The van der Waals surface area contributed by atoms with Crippen LogP contribution in [0.2, 0.25) is 5.02 Å². The molecule has 1 atom stereocenters. The predicted octanol–water partition coefficient (Wildman–Crippen LogP) is 7.79. The van der Waals surface area contributed by atoms with Crippen molar-refractivity contribution in [2.45, 2.75) is 23.5 Å². The minimum Gasteiger partial charge on any atom is -0.495 e. The molecule has 0 aliphatic heterocycles. The van der Waals surface area contributed by atoms with Gasteiger partial charge in [-0.2, -0.15) is 0 Å². The third kappa shape index (κ3) is 7.23. The number of methoxy groups -OCH3 is 1. The molecule has 10 heteroatoms. The lowest BCUT2D eigenvalue weighted by Crippen LogP contribution is -2.24. The molecular weight excluding hydrogens is 544 g/mol. The number of nitrogens with one attached hydrogen (secondary N) is 3. The van der Waals surface area contributed by atoms with Crippen LogP contribution in [0.3, 0.4) is 0 Å². The van der Waals surface area contributed by atoms with Crippen LogP contribution < -0.4 is 20.7 Å². The van der Waals surface area contributed by atoms with Gasteiger partial charge in [0.05, 0.1) is 23.7 Å². The Labute approximate surface area is 234 Å². The Kier molecular flexibility index (Phi) is 9.40. The van der Waals surface area contributed by atoms with Gasteiger partial charge < -0.3 is 20.7 Å². The van der Waals surface area contributed by atoms with E-state index >= 15 is 0 Å². The van der Waals surface area contributed by atoms with E-state index in [9.17, 15) is 4.79 Å². The molecule has 0 spiro atoms. The summed E-state index contributed by atoms with van der Waals surface area (Å²) in [5, 5.41) is 12.5. The van der Waals surface area contributed by atoms with Gasteiger partial charge in [-0.15, -0.1) is 23.1 Å². The number of carbonyl (C=O) groups excluding carboxylic acids is 1. The van der Waals surface area contributed by atoms with E-state index in [1.54, 1.807) is 7.11 Å². The largest absolute Gasteiger partial charge is 0.495 e. The zero-order valence-electron chi connectivity index (χ0n) is 20.2. The number of anilines is 3. The maximum absolute atomic E-state index is 13.0. The highest BCUT2D eigenvalue weighted by atomic mass is 35.5. The highest BCUT2D eigenvalue weighted by Crippen LogP contribution is 2.32. The predicted molar refractivity (Wildman–Crippen MR) is 160 cm³/mol. The fraction of sp³-hybridized carbons (Fsp3) is 0.148. The molecule has 0 saturated heterocycles. The molecule has 37 heavy (non-hydrogen) atoms. The highest BCUT2D eigenvalue weighted by molar-refractivity contribution is 8.00. The average molecular weight is 569 g/mol. The van der Waals surface area contributed by atoms with Crippen molar-refractivity contribution in [3.8, 4) is 17.0 Å². The third-order valence-electron chi connectivity index (χ3n) is 5.27. The second-order valence-electron chi connectivity index (χ2n) is 7.83. The molecule has 0 bridgehead atoms. The van der Waals surface area contributed by atoms with Gasteiger partial charge in [0.1, 0.15) is 5.75 Å². The minimum absolute atomic E-state index is 0.0979. The van der Waals surface area contributed by atoms with Gasteiger partial charge in [0.25, 0.3) is 0 Å². The molecule has 6 nitrogen and oxygen atoms in total. The number of para-hydroxylation sites is 2. The van der Waals surface area contributed by atoms with Gasteiger partial charge in [0.2, 0.25) is 5.91 Å². The molecular formula is C27H25ClN4O2S3. The van der Waals surface area contributed by atoms with Crippen LogP contribution in [-0.4, -0.2) is 28.4 Å². The number of ether oxygens (including phenoxy) is 1. The molecule has 0 fully saturated rings. The standard InChI is InChI=1S/C27H25ClN4O2S3/c1-3-24(25(33)32-27-31-22(16-36-27)19-11-4-5-12-20(19)28)37-18-10-8-9-17(15-18)29-26(35)30-21-13-6-7-14-23(21)34-2/h4-16,24H,3H2,1-2H3,(H2,29,30,35)(H,31,32,33). The lowest BCUT2D eigenvalue weighted by molar-refractivity contribution is -0.115. The van der Waals surface area contributed by atoms with Crippen molar-refractivity contribution >= 4 is 74.4 Å². The number of hydrogen-bond acceptors (Lipinski definition) is 6. The Bertz CT molecular complexity index is 1400. The molecule has 1 unspecified atom stereocenters. The molecule has 0 aliphatic rings. The van der Waals surface area contributed by atoms with Crippen LogP contribution in [0.5, 0.6) is 5.75 Å². The van der Waals surface area contributed by atoms with Crippen molar-refractivity contribution in [3.05, 3.63) is 83.2 Å². The van der Waals surface area contributed by atoms with E-state index in [1.165, 1.54) is 23.1 Å². The first-order valence-corrected chi connectivity index (χ1v) is 14.0. The number of halogens is 1. The number of benzene rings is 3. The molecule has 0 aliphatic carbocycles. The van der Waals surface area contributed by atoms with Crippen molar-refractivity contribution in [2.24, 2.45) is 0 Å². The summed E-state index contributed by atoms with van der Waals surface area (Å²) in [4.78, 5) is 18.5. The molecule has 3 N–H and O–H groups in total. The summed E-state index contributed by atoms with van der Waals surface area (Å²) in [7, 11) is 1.62. The first kappa shape index (κ1) is 26.9. The second kappa shape index (κ2) is 12.9. The SMILES string of the molecule is CCC(Sc1cccc(NC(=S)Nc2ccccc2OC)c1)C(=O)Nc1nc(-c2ccccc2Cl)cs1. The number of nitrogens with zero attached hydrogens (tertiary/aromatic N) is 1. The zero-order valence-corrected chi connectivity index (χ0v) is 23.4. The Balaban J connectivity index is 1.37. The monoisotopic (exact) mass is 568 g/mol. The van der Waals surface area contributed by atoms with E-state index < -0.39 is 0 Å². The van der Waals surface area contributed by atoms with Crippen molar-refractivity contribution in [3.63, 3.8) is 0 Å². The van der Waals surface area contributed by atoms with Crippen LogP contribution >= 0.6 is 46.9 Å². The lowest BCUT2D eigenvalue weighted by atomic mass is 10.2. The highest BCUT2D eigenvalue weighted by Gasteiger charge is 2.20. The number of thiocarbonyl (C=S) groups is 1. The molecule has 4 aromatic rings. The fourth-order valence-corrected chi connectivity index (χ4v) is 5.66. The Morgan fingerprint density at radius 1 is 1.08 bits per heavy atom. The summed E-state index contributed by atoms with van der Waals surface area (Å²) < 4.78 is 5.36. The Hall–Kier alpha value is -3.11. The lowest BCUT2D eigenvalue weighted by Gasteiger charge is -2.16. The van der Waals surface area contributed by atoms with Gasteiger partial charge in [0, 0.05) is 26.5 Å². The molecule has 4 rings (SSSR count). The smallest absolute Gasteiger partial charge is 0.239 e. The van der Waals surface area contributed by atoms with Crippen molar-refractivity contribution < 1.29 is 9.53 Å². The topological polar surface area (TPSA) is 75.3 Å². The van der Waals surface area contributed by atoms with E-state index in [0.29, 0.717) is 27.4 Å². The molecule has 190 valence electrons. The van der Waals surface area contributed by atoms with Gasteiger partial charge in [0.15, 0.2) is 10.2 Å². The molecule has 1 amide bonds. The van der Waals surface area contributed by atoms with Gasteiger partial charge in [-0.25, -0.2) is 4.98 Å². The van der Waals surface area contributed by atoms with E-state index in [4.69, 9.17) is 28.6 Å².